The molecule has 1 fully saturated rings. The highest BCUT2D eigenvalue weighted by Gasteiger charge is 2.15. The smallest absolute Gasteiger partial charge is 0.127 e. The summed E-state index contributed by atoms with van der Waals surface area (Å²) in [6.07, 6.45) is 2.47. The summed E-state index contributed by atoms with van der Waals surface area (Å²) in [5, 5.41) is 4.16. The van der Waals surface area contributed by atoms with Crippen LogP contribution in [0.1, 0.15) is 12.8 Å². The molecule has 0 aliphatic carbocycles. The van der Waals surface area contributed by atoms with E-state index in [9.17, 15) is 0 Å². The second-order valence-corrected chi connectivity index (χ2v) is 5.97. The van der Waals surface area contributed by atoms with Crippen LogP contribution in [0.2, 0.25) is 5.02 Å². The third kappa shape index (κ3) is 3.78. The fraction of sp³-hybridized carbons (Fsp3) is 0.333. The van der Waals surface area contributed by atoms with Crippen LogP contribution >= 0.6 is 11.6 Å². The van der Waals surface area contributed by atoms with Crippen LogP contribution < -0.4 is 10.1 Å². The van der Waals surface area contributed by atoms with E-state index in [0.717, 1.165) is 41.6 Å². The first-order valence-corrected chi connectivity index (χ1v) is 7.89. The van der Waals surface area contributed by atoms with Crippen molar-refractivity contribution in [2.24, 2.45) is 5.92 Å². The van der Waals surface area contributed by atoms with E-state index in [2.05, 4.69) is 17.4 Å². The summed E-state index contributed by atoms with van der Waals surface area (Å²) in [7, 11) is 0. The van der Waals surface area contributed by atoms with Crippen molar-refractivity contribution >= 4 is 11.6 Å². The van der Waals surface area contributed by atoms with Crippen LogP contribution in [0, 0.1) is 5.92 Å². The van der Waals surface area contributed by atoms with Gasteiger partial charge in [0.2, 0.25) is 0 Å². The highest BCUT2D eigenvalue weighted by Crippen LogP contribution is 2.33. The largest absolute Gasteiger partial charge is 0.493 e. The molecule has 1 heterocycles. The van der Waals surface area contributed by atoms with Gasteiger partial charge in [-0.1, -0.05) is 41.9 Å². The van der Waals surface area contributed by atoms with Crippen molar-refractivity contribution in [1.29, 1.82) is 0 Å². The lowest BCUT2D eigenvalue weighted by atomic mass is 10.0. The van der Waals surface area contributed by atoms with Gasteiger partial charge in [-0.3, -0.25) is 0 Å². The van der Waals surface area contributed by atoms with Crippen LogP contribution in [0.25, 0.3) is 11.1 Å². The van der Waals surface area contributed by atoms with Crippen LogP contribution in [0.5, 0.6) is 5.75 Å². The van der Waals surface area contributed by atoms with Crippen molar-refractivity contribution in [3.8, 4) is 16.9 Å². The van der Waals surface area contributed by atoms with E-state index in [4.69, 9.17) is 16.3 Å². The molecule has 2 nitrogen and oxygen atoms in total. The Balaban J connectivity index is 1.78. The van der Waals surface area contributed by atoms with Crippen LogP contribution in [-0.2, 0) is 0 Å². The highest BCUT2D eigenvalue weighted by molar-refractivity contribution is 6.31. The van der Waals surface area contributed by atoms with Crippen molar-refractivity contribution in [2.75, 3.05) is 19.7 Å². The number of hydrogen-bond acceptors (Lipinski definition) is 2. The molecular formula is C18H20ClNO. The summed E-state index contributed by atoms with van der Waals surface area (Å²) >= 11 is 6.15. The molecule has 0 spiro atoms. The van der Waals surface area contributed by atoms with E-state index < -0.39 is 0 Å². The van der Waals surface area contributed by atoms with Crippen LogP contribution in [0.15, 0.2) is 48.5 Å². The van der Waals surface area contributed by atoms with Crippen molar-refractivity contribution in [3.05, 3.63) is 53.6 Å². The molecule has 0 saturated carbocycles. The predicted octanol–water partition coefficient (Wildman–Crippen LogP) is 4.39. The van der Waals surface area contributed by atoms with Crippen molar-refractivity contribution in [1.82, 2.24) is 5.32 Å². The maximum atomic E-state index is 6.15. The van der Waals surface area contributed by atoms with E-state index in [1.165, 1.54) is 12.8 Å². The van der Waals surface area contributed by atoms with Gasteiger partial charge in [0, 0.05) is 23.0 Å². The molecule has 2 aromatic carbocycles. The summed E-state index contributed by atoms with van der Waals surface area (Å²) < 4.78 is 6.09. The van der Waals surface area contributed by atoms with Gasteiger partial charge in [0.25, 0.3) is 0 Å². The molecule has 1 N–H and O–H groups in total. The minimum absolute atomic E-state index is 0.595. The summed E-state index contributed by atoms with van der Waals surface area (Å²) in [4.78, 5) is 0. The van der Waals surface area contributed by atoms with Crippen molar-refractivity contribution in [3.63, 3.8) is 0 Å². The fourth-order valence-corrected chi connectivity index (χ4v) is 2.92. The monoisotopic (exact) mass is 301 g/mol. The zero-order valence-electron chi connectivity index (χ0n) is 12.0. The van der Waals surface area contributed by atoms with Gasteiger partial charge in [0.15, 0.2) is 0 Å². The molecule has 110 valence electrons. The first kappa shape index (κ1) is 14.4. The lowest BCUT2D eigenvalue weighted by Gasteiger charge is -2.23. The molecule has 1 saturated heterocycles. The normalized spacial score (nSPS) is 18.4. The topological polar surface area (TPSA) is 21.3 Å². The van der Waals surface area contributed by atoms with Gasteiger partial charge in [-0.15, -0.1) is 0 Å². The van der Waals surface area contributed by atoms with E-state index in [1.807, 2.05) is 36.4 Å². The Bertz CT molecular complexity index is 579. The molecule has 0 aromatic heterocycles. The van der Waals surface area contributed by atoms with Gasteiger partial charge >= 0.3 is 0 Å². The summed E-state index contributed by atoms with van der Waals surface area (Å²) in [6, 6.07) is 16.1. The maximum Gasteiger partial charge on any atom is 0.127 e. The van der Waals surface area contributed by atoms with Gasteiger partial charge < -0.3 is 10.1 Å². The quantitative estimate of drug-likeness (QED) is 0.904. The molecule has 0 amide bonds. The summed E-state index contributed by atoms with van der Waals surface area (Å²) in [5.74, 6) is 1.51. The lowest BCUT2D eigenvalue weighted by molar-refractivity contribution is 0.219. The highest BCUT2D eigenvalue weighted by atomic mass is 35.5. The lowest BCUT2D eigenvalue weighted by Crippen LogP contribution is -2.33. The number of benzene rings is 2. The zero-order valence-corrected chi connectivity index (χ0v) is 12.8. The average molecular weight is 302 g/mol. The minimum Gasteiger partial charge on any atom is -0.493 e. The number of hydrogen-bond donors (Lipinski definition) is 1. The van der Waals surface area contributed by atoms with Gasteiger partial charge in [0.1, 0.15) is 5.75 Å². The molecule has 3 rings (SSSR count). The number of halogens is 1. The van der Waals surface area contributed by atoms with Crippen LogP contribution in [0.3, 0.4) is 0 Å². The Morgan fingerprint density at radius 2 is 2.00 bits per heavy atom. The minimum atomic E-state index is 0.595. The molecule has 1 aliphatic rings. The molecule has 3 heteroatoms. The van der Waals surface area contributed by atoms with Crippen LogP contribution in [-0.4, -0.2) is 19.7 Å². The molecule has 1 unspecified atom stereocenters. The third-order valence-electron chi connectivity index (χ3n) is 3.90. The Kier molecular flexibility index (Phi) is 4.79. The zero-order chi connectivity index (χ0) is 14.5. The molecular weight excluding hydrogens is 282 g/mol. The second kappa shape index (κ2) is 6.97. The third-order valence-corrected chi connectivity index (χ3v) is 4.13. The number of rotatable bonds is 4. The van der Waals surface area contributed by atoms with Crippen molar-refractivity contribution < 1.29 is 4.74 Å². The van der Waals surface area contributed by atoms with Crippen molar-refractivity contribution in [2.45, 2.75) is 12.8 Å². The molecule has 21 heavy (non-hydrogen) atoms. The maximum absolute atomic E-state index is 6.15. The van der Waals surface area contributed by atoms with Gasteiger partial charge in [-0.05, 0) is 43.1 Å². The fourth-order valence-electron chi connectivity index (χ4n) is 2.75. The Labute approximate surface area is 131 Å². The predicted molar refractivity (Wildman–Crippen MR) is 88.0 cm³/mol. The first-order valence-electron chi connectivity index (χ1n) is 7.51. The van der Waals surface area contributed by atoms with Gasteiger partial charge in [-0.25, -0.2) is 0 Å². The van der Waals surface area contributed by atoms with Crippen LogP contribution in [0.4, 0.5) is 0 Å². The van der Waals surface area contributed by atoms with E-state index in [1.54, 1.807) is 0 Å². The first-order chi connectivity index (χ1) is 10.3. The van der Waals surface area contributed by atoms with Gasteiger partial charge in [0.05, 0.1) is 6.61 Å². The van der Waals surface area contributed by atoms with E-state index in [0.29, 0.717) is 5.92 Å². The number of ether oxygens (including phenoxy) is 1. The second-order valence-electron chi connectivity index (χ2n) is 5.53. The Morgan fingerprint density at radius 3 is 2.76 bits per heavy atom. The van der Waals surface area contributed by atoms with Gasteiger partial charge in [-0.2, -0.15) is 0 Å². The summed E-state index contributed by atoms with van der Waals surface area (Å²) in [6.45, 7) is 2.94. The average Bonchev–Trinajstić information content (AvgIpc) is 2.55. The Hall–Kier alpha value is -1.51. The molecule has 0 bridgehead atoms. The molecule has 2 aromatic rings. The SMILES string of the molecule is Clc1ccc(OCC2CCCNC2)c(-c2ccccc2)c1. The Morgan fingerprint density at radius 1 is 1.14 bits per heavy atom. The number of nitrogens with one attached hydrogen (secondary N) is 1. The molecule has 0 radical (unpaired) electrons. The molecule has 1 atom stereocenters. The summed E-state index contributed by atoms with van der Waals surface area (Å²) in [5.41, 5.74) is 2.20. The van der Waals surface area contributed by atoms with E-state index >= 15 is 0 Å². The molecule has 1 aliphatic heterocycles. The van der Waals surface area contributed by atoms with E-state index in [-0.39, 0.29) is 0 Å². The standard InChI is InChI=1S/C18H20ClNO/c19-16-8-9-18(21-13-14-5-4-10-20-12-14)17(11-16)15-6-2-1-3-7-15/h1-3,6-9,11,14,20H,4-5,10,12-13H2. The number of piperidine rings is 1.